The quantitative estimate of drug-likeness (QED) is 0.616. The van der Waals surface area contributed by atoms with E-state index >= 15 is 0 Å². The fourth-order valence-corrected chi connectivity index (χ4v) is 2.10. The molecule has 102 valence electrons. The average Bonchev–Trinajstić information content (AvgIpc) is 3.23. The van der Waals surface area contributed by atoms with Gasteiger partial charge in [0.05, 0.1) is 12.0 Å². The van der Waals surface area contributed by atoms with Crippen molar-refractivity contribution in [2.24, 2.45) is 11.8 Å². The van der Waals surface area contributed by atoms with E-state index in [1.807, 2.05) is 25.8 Å². The topological polar surface area (TPSA) is 90.9 Å². The van der Waals surface area contributed by atoms with Crippen LogP contribution in [0, 0.1) is 24.2 Å². The van der Waals surface area contributed by atoms with Gasteiger partial charge in [-0.2, -0.15) is 5.26 Å². The third-order valence-electron chi connectivity index (χ3n) is 3.35. The number of nitrogens with zero attached hydrogens (tertiary/aromatic N) is 4. The van der Waals surface area contributed by atoms with Crippen molar-refractivity contribution in [2.75, 3.05) is 23.9 Å². The highest BCUT2D eigenvalue weighted by Gasteiger charge is 2.28. The van der Waals surface area contributed by atoms with Gasteiger partial charge in [0.15, 0.2) is 0 Å². The van der Waals surface area contributed by atoms with Crippen LogP contribution in [0.3, 0.4) is 0 Å². The molecule has 1 unspecified atom stereocenters. The predicted octanol–water partition coefficient (Wildman–Crippen LogP) is 1.54. The van der Waals surface area contributed by atoms with Crippen LogP contribution in [0.5, 0.6) is 0 Å². The Morgan fingerprint density at radius 3 is 2.74 bits per heavy atom. The zero-order valence-electron chi connectivity index (χ0n) is 11.6. The number of nitrogens with one attached hydrogen (secondary N) is 1. The summed E-state index contributed by atoms with van der Waals surface area (Å²) in [5.41, 5.74) is 3.55. The van der Waals surface area contributed by atoms with E-state index in [1.54, 1.807) is 0 Å². The van der Waals surface area contributed by atoms with Crippen molar-refractivity contribution in [1.29, 1.82) is 5.26 Å². The molecule has 6 nitrogen and oxygen atoms in total. The predicted molar refractivity (Wildman–Crippen MR) is 74.6 cm³/mol. The maximum Gasteiger partial charge on any atom is 0.148 e. The number of nitrogen functional groups attached to an aromatic ring is 1. The molecule has 0 aromatic carbocycles. The highest BCUT2D eigenvalue weighted by atomic mass is 15.3. The van der Waals surface area contributed by atoms with Crippen LogP contribution in [0.1, 0.15) is 37.1 Å². The van der Waals surface area contributed by atoms with E-state index in [-0.39, 0.29) is 5.92 Å². The number of rotatable bonds is 5. The Labute approximate surface area is 113 Å². The first-order valence-corrected chi connectivity index (χ1v) is 6.52. The van der Waals surface area contributed by atoms with Crippen LogP contribution in [-0.2, 0) is 0 Å². The van der Waals surface area contributed by atoms with Gasteiger partial charge >= 0.3 is 0 Å². The van der Waals surface area contributed by atoms with Gasteiger partial charge < -0.3 is 10.3 Å². The average molecular weight is 260 g/mol. The summed E-state index contributed by atoms with van der Waals surface area (Å²) in [6.07, 6.45) is 2.29. The van der Waals surface area contributed by atoms with Gasteiger partial charge in [-0.3, -0.25) is 0 Å². The molecular weight excluding hydrogens is 240 g/mol. The molecule has 1 aliphatic carbocycles. The van der Waals surface area contributed by atoms with E-state index in [0.29, 0.717) is 18.3 Å². The molecule has 1 fully saturated rings. The summed E-state index contributed by atoms with van der Waals surface area (Å²) >= 11 is 0. The largest absolute Gasteiger partial charge is 0.358 e. The monoisotopic (exact) mass is 260 g/mol. The molecular formula is C13H20N6. The first kappa shape index (κ1) is 13.6. The number of aromatic nitrogens is 2. The second-order valence-electron chi connectivity index (χ2n) is 5.21. The summed E-state index contributed by atoms with van der Waals surface area (Å²) in [4.78, 5) is 11.1. The Balaban J connectivity index is 2.32. The van der Waals surface area contributed by atoms with Crippen molar-refractivity contribution < 1.29 is 0 Å². The minimum absolute atomic E-state index is 0.0435. The summed E-state index contributed by atoms with van der Waals surface area (Å²) in [7, 11) is 1.94. The second kappa shape index (κ2) is 5.41. The van der Waals surface area contributed by atoms with Gasteiger partial charge in [-0.25, -0.2) is 15.8 Å². The Kier molecular flexibility index (Phi) is 3.86. The van der Waals surface area contributed by atoms with E-state index in [0.717, 1.165) is 30.0 Å². The number of nitrogens with two attached hydrogens (primary N) is 1. The first-order chi connectivity index (χ1) is 9.06. The van der Waals surface area contributed by atoms with Crippen LogP contribution in [0.15, 0.2) is 0 Å². The van der Waals surface area contributed by atoms with Gasteiger partial charge in [-0.15, -0.1) is 0 Å². The number of hydrogen-bond acceptors (Lipinski definition) is 6. The van der Waals surface area contributed by atoms with Crippen LogP contribution in [0.25, 0.3) is 0 Å². The van der Waals surface area contributed by atoms with Crippen molar-refractivity contribution in [3.05, 3.63) is 11.4 Å². The fourth-order valence-electron chi connectivity index (χ4n) is 2.10. The summed E-state index contributed by atoms with van der Waals surface area (Å²) < 4.78 is 0. The molecule has 6 heteroatoms. The van der Waals surface area contributed by atoms with Gasteiger partial charge in [-0.05, 0) is 26.7 Å². The molecule has 0 amide bonds. The lowest BCUT2D eigenvalue weighted by atomic mass is 10.2. The van der Waals surface area contributed by atoms with Crippen LogP contribution >= 0.6 is 0 Å². The minimum atomic E-state index is -0.0435. The summed E-state index contributed by atoms with van der Waals surface area (Å²) in [6.45, 7) is 4.48. The molecule has 3 N–H and O–H groups in total. The lowest BCUT2D eigenvalue weighted by Gasteiger charge is -2.23. The Bertz CT molecular complexity index is 503. The number of nitriles is 1. The summed E-state index contributed by atoms with van der Waals surface area (Å²) in [5, 5.41) is 8.91. The van der Waals surface area contributed by atoms with E-state index in [9.17, 15) is 0 Å². The van der Waals surface area contributed by atoms with Crippen molar-refractivity contribution >= 4 is 11.6 Å². The zero-order valence-corrected chi connectivity index (χ0v) is 11.6. The van der Waals surface area contributed by atoms with Crippen molar-refractivity contribution in [3.8, 4) is 6.07 Å². The Morgan fingerprint density at radius 2 is 2.21 bits per heavy atom. The third kappa shape index (κ3) is 2.93. The molecule has 0 saturated heterocycles. The maximum atomic E-state index is 8.91. The van der Waals surface area contributed by atoms with Crippen LogP contribution in [-0.4, -0.2) is 23.6 Å². The van der Waals surface area contributed by atoms with Crippen molar-refractivity contribution in [2.45, 2.75) is 32.6 Å². The molecule has 1 saturated carbocycles. The lowest BCUT2D eigenvalue weighted by Crippen LogP contribution is -2.26. The zero-order chi connectivity index (χ0) is 14.0. The molecule has 19 heavy (non-hydrogen) atoms. The molecule has 0 radical (unpaired) electrons. The molecule has 0 bridgehead atoms. The first-order valence-electron chi connectivity index (χ1n) is 6.52. The smallest absolute Gasteiger partial charge is 0.148 e. The lowest BCUT2D eigenvalue weighted by molar-refractivity contribution is 0.704. The molecule has 0 spiro atoms. The number of anilines is 2. The Hall–Kier alpha value is -1.87. The van der Waals surface area contributed by atoms with Gasteiger partial charge in [0, 0.05) is 25.1 Å². The van der Waals surface area contributed by atoms with Crippen LogP contribution in [0.2, 0.25) is 0 Å². The highest BCUT2D eigenvalue weighted by molar-refractivity contribution is 5.58. The molecule has 1 heterocycles. The van der Waals surface area contributed by atoms with Crippen LogP contribution in [0.4, 0.5) is 11.6 Å². The normalized spacial score (nSPS) is 15.7. The fraction of sp³-hybridized carbons (Fsp3) is 0.615. The SMILES string of the molecule is Cc1c(NN)nc(C2CC2)nc1N(C)CC(C)C#N. The number of hydrazine groups is 1. The third-order valence-corrected chi connectivity index (χ3v) is 3.35. The highest BCUT2D eigenvalue weighted by Crippen LogP contribution is 2.39. The molecule has 2 rings (SSSR count). The standard InChI is InChI=1S/C13H20N6/c1-8(6-14)7-19(3)13-9(2)11(18-15)16-12(17-13)10-4-5-10/h8,10H,4-5,7,15H2,1-3H3,(H,16,17,18). The van der Waals surface area contributed by atoms with Gasteiger partial charge in [-0.1, -0.05) is 0 Å². The maximum absolute atomic E-state index is 8.91. The van der Waals surface area contributed by atoms with E-state index < -0.39 is 0 Å². The van der Waals surface area contributed by atoms with Gasteiger partial charge in [0.2, 0.25) is 0 Å². The molecule has 1 aromatic heterocycles. The summed E-state index contributed by atoms with van der Waals surface area (Å²) in [5.74, 6) is 8.32. The van der Waals surface area contributed by atoms with E-state index in [1.165, 1.54) is 0 Å². The molecule has 1 aromatic rings. The second-order valence-corrected chi connectivity index (χ2v) is 5.21. The molecule has 1 atom stereocenters. The molecule has 1 aliphatic rings. The Morgan fingerprint density at radius 1 is 1.53 bits per heavy atom. The van der Waals surface area contributed by atoms with Gasteiger partial charge in [0.25, 0.3) is 0 Å². The van der Waals surface area contributed by atoms with Crippen LogP contribution < -0.4 is 16.2 Å². The minimum Gasteiger partial charge on any atom is -0.358 e. The van der Waals surface area contributed by atoms with E-state index in [4.69, 9.17) is 11.1 Å². The molecule has 0 aliphatic heterocycles. The van der Waals surface area contributed by atoms with Crippen molar-refractivity contribution in [3.63, 3.8) is 0 Å². The number of hydrogen-bond donors (Lipinski definition) is 2. The van der Waals surface area contributed by atoms with Gasteiger partial charge in [0.1, 0.15) is 17.5 Å². The van der Waals surface area contributed by atoms with E-state index in [2.05, 4.69) is 21.5 Å². The summed E-state index contributed by atoms with van der Waals surface area (Å²) in [6, 6.07) is 2.24. The van der Waals surface area contributed by atoms with Crippen molar-refractivity contribution in [1.82, 2.24) is 9.97 Å².